The number of benzene rings is 1. The molecular formula is C13H17ClN2O2. The van der Waals surface area contributed by atoms with Gasteiger partial charge >= 0.3 is 6.09 Å². The van der Waals surface area contributed by atoms with Crippen molar-refractivity contribution >= 4 is 18.5 Å². The standard InChI is InChI=1S/C13H16N2O2.ClH/c14-12-10-6-15(7-11(10)12)13(16)17-8-9-4-2-1-3-5-9;/h1-5,10-12H,6-8,14H2;1H/t10-,11+,12?;. The zero-order valence-electron chi connectivity index (χ0n) is 9.99. The number of nitrogens with zero attached hydrogens (tertiary/aromatic N) is 1. The van der Waals surface area contributed by atoms with Crippen LogP contribution in [0.15, 0.2) is 30.3 Å². The summed E-state index contributed by atoms with van der Waals surface area (Å²) in [4.78, 5) is 13.5. The first kappa shape index (κ1) is 13.2. The molecule has 1 aliphatic carbocycles. The predicted octanol–water partition coefficient (Wildman–Crippen LogP) is 1.63. The van der Waals surface area contributed by atoms with Crippen LogP contribution in [0.3, 0.4) is 0 Å². The predicted molar refractivity (Wildman–Crippen MR) is 70.4 cm³/mol. The average molecular weight is 269 g/mol. The van der Waals surface area contributed by atoms with Crippen molar-refractivity contribution in [3.63, 3.8) is 0 Å². The molecule has 3 rings (SSSR count). The molecular weight excluding hydrogens is 252 g/mol. The molecule has 2 aliphatic rings. The molecule has 1 heterocycles. The van der Waals surface area contributed by atoms with E-state index in [0.717, 1.165) is 18.7 Å². The monoisotopic (exact) mass is 268 g/mol. The van der Waals surface area contributed by atoms with Crippen molar-refractivity contribution in [3.05, 3.63) is 35.9 Å². The smallest absolute Gasteiger partial charge is 0.410 e. The van der Waals surface area contributed by atoms with Crippen molar-refractivity contribution in [2.45, 2.75) is 12.6 Å². The Balaban J connectivity index is 0.00000120. The Bertz CT molecular complexity index is 414. The zero-order valence-corrected chi connectivity index (χ0v) is 10.8. The molecule has 0 radical (unpaired) electrons. The lowest BCUT2D eigenvalue weighted by atomic mass is 10.2. The molecule has 0 aromatic heterocycles. The van der Waals surface area contributed by atoms with Crippen LogP contribution >= 0.6 is 12.4 Å². The summed E-state index contributed by atoms with van der Waals surface area (Å²) in [6, 6.07) is 10.0. The minimum Gasteiger partial charge on any atom is -0.445 e. The highest BCUT2D eigenvalue weighted by molar-refractivity contribution is 5.85. The second-order valence-electron chi connectivity index (χ2n) is 4.85. The summed E-state index contributed by atoms with van der Waals surface area (Å²) in [6.07, 6.45) is -0.215. The summed E-state index contributed by atoms with van der Waals surface area (Å²) in [5.41, 5.74) is 6.84. The van der Waals surface area contributed by atoms with Crippen molar-refractivity contribution in [3.8, 4) is 0 Å². The molecule has 4 nitrogen and oxygen atoms in total. The van der Waals surface area contributed by atoms with E-state index in [2.05, 4.69) is 0 Å². The van der Waals surface area contributed by atoms with E-state index in [1.807, 2.05) is 30.3 Å². The summed E-state index contributed by atoms with van der Waals surface area (Å²) in [5, 5.41) is 0. The molecule has 98 valence electrons. The lowest BCUT2D eigenvalue weighted by Gasteiger charge is -2.18. The van der Waals surface area contributed by atoms with E-state index in [-0.39, 0.29) is 18.5 Å². The number of ether oxygens (including phenoxy) is 1. The van der Waals surface area contributed by atoms with Crippen LogP contribution in [-0.2, 0) is 11.3 Å². The molecule has 1 aromatic carbocycles. The number of piperidine rings is 1. The van der Waals surface area contributed by atoms with Crippen LogP contribution in [0.1, 0.15) is 5.56 Å². The van der Waals surface area contributed by atoms with E-state index in [9.17, 15) is 4.79 Å². The second-order valence-corrected chi connectivity index (χ2v) is 4.85. The molecule has 18 heavy (non-hydrogen) atoms. The van der Waals surface area contributed by atoms with Gasteiger partial charge in [0.25, 0.3) is 0 Å². The molecule has 5 heteroatoms. The largest absolute Gasteiger partial charge is 0.445 e. The topological polar surface area (TPSA) is 55.6 Å². The second kappa shape index (κ2) is 5.16. The molecule has 1 aliphatic heterocycles. The van der Waals surface area contributed by atoms with E-state index in [1.54, 1.807) is 4.90 Å². The number of hydrogen-bond acceptors (Lipinski definition) is 3. The molecule has 1 aromatic rings. The van der Waals surface area contributed by atoms with E-state index in [1.165, 1.54) is 0 Å². The quantitative estimate of drug-likeness (QED) is 0.887. The Labute approximate surface area is 113 Å². The molecule has 2 fully saturated rings. The van der Waals surface area contributed by atoms with E-state index < -0.39 is 0 Å². The Morgan fingerprint density at radius 3 is 2.50 bits per heavy atom. The summed E-state index contributed by atoms with van der Waals surface area (Å²) >= 11 is 0. The molecule has 2 N–H and O–H groups in total. The first-order chi connectivity index (χ1) is 8.25. The fraction of sp³-hybridized carbons (Fsp3) is 0.462. The molecule has 0 bridgehead atoms. The van der Waals surface area contributed by atoms with Gasteiger partial charge < -0.3 is 15.4 Å². The highest BCUT2D eigenvalue weighted by Crippen LogP contribution is 2.43. The zero-order chi connectivity index (χ0) is 11.8. The normalized spacial score (nSPS) is 28.3. The van der Waals surface area contributed by atoms with Crippen LogP contribution in [0.4, 0.5) is 4.79 Å². The minimum atomic E-state index is -0.215. The molecule has 0 spiro atoms. The van der Waals surface area contributed by atoms with Crippen LogP contribution < -0.4 is 5.73 Å². The van der Waals surface area contributed by atoms with Gasteiger partial charge in [-0.25, -0.2) is 4.79 Å². The van der Waals surface area contributed by atoms with Gasteiger partial charge in [-0.05, 0) is 17.4 Å². The molecule has 1 amide bonds. The molecule has 1 saturated carbocycles. The van der Waals surface area contributed by atoms with Crippen molar-refractivity contribution in [1.29, 1.82) is 0 Å². The minimum absolute atomic E-state index is 0. The third-order valence-electron chi connectivity index (χ3n) is 3.72. The van der Waals surface area contributed by atoms with Gasteiger partial charge in [-0.2, -0.15) is 0 Å². The maximum absolute atomic E-state index is 11.8. The summed E-state index contributed by atoms with van der Waals surface area (Å²) in [7, 11) is 0. The lowest BCUT2D eigenvalue weighted by molar-refractivity contribution is 0.0999. The molecule has 3 atom stereocenters. The van der Waals surface area contributed by atoms with Gasteiger partial charge in [0, 0.05) is 19.1 Å². The van der Waals surface area contributed by atoms with Crippen molar-refractivity contribution in [2.24, 2.45) is 17.6 Å². The van der Waals surface area contributed by atoms with Gasteiger partial charge in [-0.3, -0.25) is 0 Å². The summed E-state index contributed by atoms with van der Waals surface area (Å²) in [6.45, 7) is 1.87. The number of carbonyl (C=O) groups is 1. The number of nitrogens with two attached hydrogens (primary N) is 1. The Morgan fingerprint density at radius 2 is 1.89 bits per heavy atom. The third kappa shape index (κ3) is 2.44. The highest BCUT2D eigenvalue weighted by atomic mass is 35.5. The van der Waals surface area contributed by atoms with Gasteiger partial charge in [0.15, 0.2) is 0 Å². The van der Waals surface area contributed by atoms with Gasteiger partial charge in [0.1, 0.15) is 6.61 Å². The van der Waals surface area contributed by atoms with Crippen molar-refractivity contribution < 1.29 is 9.53 Å². The van der Waals surface area contributed by atoms with Crippen LogP contribution in [-0.4, -0.2) is 30.1 Å². The molecule has 1 unspecified atom stereocenters. The fourth-order valence-electron chi connectivity index (χ4n) is 2.53. The van der Waals surface area contributed by atoms with E-state index in [0.29, 0.717) is 24.5 Å². The highest BCUT2D eigenvalue weighted by Gasteiger charge is 2.54. The summed E-state index contributed by atoms with van der Waals surface area (Å²) < 4.78 is 5.26. The Hall–Kier alpha value is -1.26. The van der Waals surface area contributed by atoms with Gasteiger partial charge in [-0.1, -0.05) is 30.3 Å². The average Bonchev–Trinajstić information content (AvgIpc) is 2.81. The fourth-order valence-corrected chi connectivity index (χ4v) is 2.53. The van der Waals surface area contributed by atoms with E-state index in [4.69, 9.17) is 10.5 Å². The third-order valence-corrected chi connectivity index (χ3v) is 3.72. The van der Waals surface area contributed by atoms with E-state index >= 15 is 0 Å². The molecule has 1 saturated heterocycles. The number of hydrogen-bond donors (Lipinski definition) is 1. The van der Waals surface area contributed by atoms with Crippen molar-refractivity contribution in [1.82, 2.24) is 4.90 Å². The number of fused-ring (bicyclic) bond motifs is 1. The maximum Gasteiger partial charge on any atom is 0.410 e. The first-order valence-electron chi connectivity index (χ1n) is 5.97. The SMILES string of the molecule is Cl.NC1[C@H]2CN(C(=O)OCc3ccccc3)C[C@@H]12. The first-order valence-corrected chi connectivity index (χ1v) is 5.97. The van der Waals surface area contributed by atoms with Gasteiger partial charge in [0.05, 0.1) is 0 Å². The van der Waals surface area contributed by atoms with Gasteiger partial charge in [0.2, 0.25) is 0 Å². The number of halogens is 1. The lowest BCUT2D eigenvalue weighted by Crippen LogP contribution is -2.34. The number of amides is 1. The number of carbonyl (C=O) groups excluding carboxylic acids is 1. The maximum atomic E-state index is 11.8. The number of likely N-dealkylation sites (tertiary alicyclic amines) is 1. The Kier molecular flexibility index (Phi) is 3.78. The summed E-state index contributed by atoms with van der Waals surface area (Å²) in [5.74, 6) is 1.03. The van der Waals surface area contributed by atoms with Crippen LogP contribution in [0, 0.1) is 11.8 Å². The van der Waals surface area contributed by atoms with Crippen LogP contribution in [0.2, 0.25) is 0 Å². The van der Waals surface area contributed by atoms with Crippen LogP contribution in [0.25, 0.3) is 0 Å². The number of rotatable bonds is 2. The van der Waals surface area contributed by atoms with Gasteiger partial charge in [-0.15, -0.1) is 12.4 Å². The van der Waals surface area contributed by atoms with Crippen LogP contribution in [0.5, 0.6) is 0 Å². The Morgan fingerprint density at radius 1 is 1.28 bits per heavy atom. The van der Waals surface area contributed by atoms with Crippen molar-refractivity contribution in [2.75, 3.05) is 13.1 Å².